The maximum atomic E-state index is 13.1. The number of hydrogen-bond donors (Lipinski definition) is 8. The number of carbonyl (C=O) groups is 5. The number of benzene rings is 1. The number of aromatic amines is 1. The molecular formula is C23H30N6O8. The minimum atomic E-state index is -1.57. The standard InChI is InChI=1S/C23H30N6O8/c1-12(30)19(29-20(33)15(24)9-18(31)32)22(35)27-16(7-13-5-3-2-4-6-13)21(34)28-17(23(36)37)8-14-10-25-11-26-14/h2-6,10-12,15-17,19,30H,7-9,24H2,1H3,(H,25,26)(H,27,35)(H,28,34)(H,29,33)(H,31,32)(H,36,37). The van der Waals surface area contributed by atoms with Crippen LogP contribution in [0.3, 0.4) is 0 Å². The van der Waals surface area contributed by atoms with Gasteiger partial charge in [0.05, 0.1) is 24.9 Å². The minimum absolute atomic E-state index is 0.0339. The first kappa shape index (κ1) is 28.9. The fourth-order valence-electron chi connectivity index (χ4n) is 3.36. The number of hydrogen-bond acceptors (Lipinski definition) is 8. The van der Waals surface area contributed by atoms with Crippen molar-refractivity contribution >= 4 is 29.7 Å². The summed E-state index contributed by atoms with van der Waals surface area (Å²) in [6.45, 7) is 1.21. The zero-order chi connectivity index (χ0) is 27.5. The van der Waals surface area contributed by atoms with Crippen LogP contribution in [0.25, 0.3) is 0 Å². The molecule has 9 N–H and O–H groups in total. The molecule has 3 amide bonds. The number of nitrogens with one attached hydrogen (secondary N) is 4. The van der Waals surface area contributed by atoms with Crippen LogP contribution in [-0.4, -0.2) is 85.2 Å². The van der Waals surface area contributed by atoms with E-state index in [0.29, 0.717) is 11.3 Å². The Morgan fingerprint density at radius 2 is 1.59 bits per heavy atom. The van der Waals surface area contributed by atoms with Gasteiger partial charge >= 0.3 is 11.9 Å². The molecule has 0 spiro atoms. The molecule has 0 aliphatic rings. The van der Waals surface area contributed by atoms with Crippen molar-refractivity contribution < 1.29 is 39.3 Å². The van der Waals surface area contributed by atoms with Crippen LogP contribution in [0.1, 0.15) is 24.6 Å². The van der Waals surface area contributed by atoms with E-state index in [9.17, 15) is 34.2 Å². The Kier molecular flexibility index (Phi) is 10.7. The molecule has 0 saturated carbocycles. The van der Waals surface area contributed by atoms with Gasteiger partial charge in [-0.15, -0.1) is 0 Å². The average molecular weight is 519 g/mol. The number of imidazole rings is 1. The third-order valence-electron chi connectivity index (χ3n) is 5.30. The molecule has 1 heterocycles. The monoisotopic (exact) mass is 518 g/mol. The van der Waals surface area contributed by atoms with Crippen LogP contribution in [0.2, 0.25) is 0 Å². The highest BCUT2D eigenvalue weighted by molar-refractivity contribution is 5.95. The van der Waals surface area contributed by atoms with Gasteiger partial charge in [0.15, 0.2) is 0 Å². The van der Waals surface area contributed by atoms with Gasteiger partial charge in [0.2, 0.25) is 17.7 Å². The number of rotatable bonds is 14. The van der Waals surface area contributed by atoms with Crippen molar-refractivity contribution in [3.8, 4) is 0 Å². The molecule has 37 heavy (non-hydrogen) atoms. The van der Waals surface area contributed by atoms with E-state index >= 15 is 0 Å². The number of nitrogens with zero attached hydrogens (tertiary/aromatic N) is 1. The first-order chi connectivity index (χ1) is 17.5. The van der Waals surface area contributed by atoms with Crippen LogP contribution >= 0.6 is 0 Å². The van der Waals surface area contributed by atoms with E-state index in [0.717, 1.165) is 0 Å². The summed E-state index contributed by atoms with van der Waals surface area (Å²) >= 11 is 0. The van der Waals surface area contributed by atoms with Crippen LogP contribution in [0.4, 0.5) is 0 Å². The molecular weight excluding hydrogens is 488 g/mol. The highest BCUT2D eigenvalue weighted by Crippen LogP contribution is 2.07. The summed E-state index contributed by atoms with van der Waals surface area (Å²) in [7, 11) is 0. The number of carboxylic acid groups (broad SMARTS) is 2. The lowest BCUT2D eigenvalue weighted by Crippen LogP contribution is -2.60. The Morgan fingerprint density at radius 1 is 0.946 bits per heavy atom. The van der Waals surface area contributed by atoms with Gasteiger partial charge in [0.1, 0.15) is 18.1 Å². The summed E-state index contributed by atoms with van der Waals surface area (Å²) in [5.41, 5.74) is 6.63. The maximum absolute atomic E-state index is 13.1. The van der Waals surface area contributed by atoms with Crippen molar-refractivity contribution in [2.24, 2.45) is 5.73 Å². The molecule has 14 nitrogen and oxygen atoms in total. The van der Waals surface area contributed by atoms with Gasteiger partial charge in [0, 0.05) is 24.7 Å². The number of aliphatic hydroxyl groups excluding tert-OH is 1. The molecule has 1 aromatic heterocycles. The van der Waals surface area contributed by atoms with Crippen LogP contribution < -0.4 is 21.7 Å². The molecule has 1 aromatic carbocycles. The lowest BCUT2D eigenvalue weighted by molar-refractivity contribution is -0.142. The largest absolute Gasteiger partial charge is 0.481 e. The molecule has 0 aliphatic heterocycles. The second kappa shape index (κ2) is 13.7. The van der Waals surface area contributed by atoms with Crippen molar-refractivity contribution in [2.45, 2.75) is 56.5 Å². The highest BCUT2D eigenvalue weighted by atomic mass is 16.4. The number of amides is 3. The van der Waals surface area contributed by atoms with E-state index in [1.165, 1.54) is 19.4 Å². The topological polar surface area (TPSA) is 237 Å². The third-order valence-corrected chi connectivity index (χ3v) is 5.30. The SMILES string of the molecule is CC(O)C(NC(=O)C(N)CC(=O)O)C(=O)NC(Cc1ccccc1)C(=O)NC(Cc1cnc[nH]1)C(=O)O. The Balaban J connectivity index is 2.21. The predicted octanol–water partition coefficient (Wildman–Crippen LogP) is -2.08. The second-order valence-electron chi connectivity index (χ2n) is 8.36. The van der Waals surface area contributed by atoms with Crippen molar-refractivity contribution in [2.75, 3.05) is 0 Å². The highest BCUT2D eigenvalue weighted by Gasteiger charge is 2.33. The molecule has 5 unspecified atom stereocenters. The van der Waals surface area contributed by atoms with Gasteiger partial charge in [-0.3, -0.25) is 19.2 Å². The Bertz CT molecular complexity index is 1080. The van der Waals surface area contributed by atoms with Gasteiger partial charge in [-0.05, 0) is 12.5 Å². The predicted molar refractivity (Wildman–Crippen MR) is 128 cm³/mol. The Morgan fingerprint density at radius 3 is 2.14 bits per heavy atom. The summed E-state index contributed by atoms with van der Waals surface area (Å²) in [6.07, 6.45) is 0.506. The first-order valence-electron chi connectivity index (χ1n) is 11.3. The molecule has 14 heteroatoms. The van der Waals surface area contributed by atoms with E-state index in [-0.39, 0.29) is 12.8 Å². The number of aliphatic carboxylic acids is 2. The number of nitrogens with two attached hydrogens (primary N) is 1. The fourth-order valence-corrected chi connectivity index (χ4v) is 3.36. The van der Waals surface area contributed by atoms with E-state index < -0.39 is 66.4 Å². The fraction of sp³-hybridized carbons (Fsp3) is 0.391. The molecule has 2 rings (SSSR count). The quantitative estimate of drug-likeness (QED) is 0.136. The smallest absolute Gasteiger partial charge is 0.326 e. The van der Waals surface area contributed by atoms with Gasteiger partial charge in [-0.1, -0.05) is 30.3 Å². The van der Waals surface area contributed by atoms with Crippen molar-refractivity contribution in [1.82, 2.24) is 25.9 Å². The van der Waals surface area contributed by atoms with E-state index in [4.69, 9.17) is 10.8 Å². The van der Waals surface area contributed by atoms with Crippen molar-refractivity contribution in [3.63, 3.8) is 0 Å². The van der Waals surface area contributed by atoms with Crippen molar-refractivity contribution in [1.29, 1.82) is 0 Å². The second-order valence-corrected chi connectivity index (χ2v) is 8.36. The summed E-state index contributed by atoms with van der Waals surface area (Å²) < 4.78 is 0. The molecule has 200 valence electrons. The molecule has 0 aliphatic carbocycles. The number of aromatic nitrogens is 2. The number of carbonyl (C=O) groups excluding carboxylic acids is 3. The molecule has 0 fully saturated rings. The summed E-state index contributed by atoms with van der Waals surface area (Å²) in [5, 5.41) is 35.5. The van der Waals surface area contributed by atoms with E-state index in [2.05, 4.69) is 25.9 Å². The Hall–Kier alpha value is -4.30. The average Bonchev–Trinajstić information content (AvgIpc) is 3.34. The first-order valence-corrected chi connectivity index (χ1v) is 11.3. The van der Waals surface area contributed by atoms with Crippen molar-refractivity contribution in [3.05, 3.63) is 54.1 Å². The molecule has 5 atom stereocenters. The zero-order valence-electron chi connectivity index (χ0n) is 20.0. The summed E-state index contributed by atoms with van der Waals surface area (Å²) in [6, 6.07) is 2.90. The lowest BCUT2D eigenvalue weighted by Gasteiger charge is -2.26. The van der Waals surface area contributed by atoms with Crippen LogP contribution in [0.5, 0.6) is 0 Å². The molecule has 0 radical (unpaired) electrons. The summed E-state index contributed by atoms with van der Waals surface area (Å²) in [4.78, 5) is 67.5. The van der Waals surface area contributed by atoms with Crippen LogP contribution in [-0.2, 0) is 36.8 Å². The van der Waals surface area contributed by atoms with E-state index in [1.54, 1.807) is 30.3 Å². The van der Waals surface area contributed by atoms with Crippen LogP contribution in [0, 0.1) is 0 Å². The molecule has 0 bridgehead atoms. The normalized spacial score (nSPS) is 14.9. The minimum Gasteiger partial charge on any atom is -0.481 e. The molecule has 2 aromatic rings. The van der Waals surface area contributed by atoms with Gasteiger partial charge in [-0.2, -0.15) is 0 Å². The molecule has 0 saturated heterocycles. The number of carboxylic acids is 2. The number of aliphatic hydroxyl groups is 1. The zero-order valence-corrected chi connectivity index (χ0v) is 20.0. The maximum Gasteiger partial charge on any atom is 0.326 e. The van der Waals surface area contributed by atoms with Gasteiger partial charge < -0.3 is 42.0 Å². The van der Waals surface area contributed by atoms with Crippen LogP contribution in [0.15, 0.2) is 42.9 Å². The van der Waals surface area contributed by atoms with E-state index in [1.807, 2.05) is 0 Å². The summed E-state index contributed by atoms with van der Waals surface area (Å²) in [5.74, 6) is -5.40. The van der Waals surface area contributed by atoms with Gasteiger partial charge in [0.25, 0.3) is 0 Å². The number of H-pyrrole nitrogens is 1. The van der Waals surface area contributed by atoms with Gasteiger partial charge in [-0.25, -0.2) is 9.78 Å². The lowest BCUT2D eigenvalue weighted by atomic mass is 10.0. The Labute approximate surface area is 211 Å². The third kappa shape index (κ3) is 9.35.